The van der Waals surface area contributed by atoms with Gasteiger partial charge in [-0.05, 0) is 38.8 Å². The molecule has 2 N–H and O–H groups in total. The van der Waals surface area contributed by atoms with Gasteiger partial charge in [-0.15, -0.1) is 0 Å². The van der Waals surface area contributed by atoms with E-state index >= 15 is 0 Å². The number of nitrogens with one attached hydrogen (secondary N) is 1. The molecule has 1 aromatic carbocycles. The standard InChI is InChI=1S/C15H23NO3/c1-5-11(3)16-15(18)9-19-14-8-10(2)6-7-13(14)12(4)17/h6-8,11-12,17H,5,9H2,1-4H3,(H,16,18)/t11?,12-/m0/s1. The van der Waals surface area contributed by atoms with Crippen LogP contribution in [0, 0.1) is 6.92 Å². The zero-order valence-corrected chi connectivity index (χ0v) is 12.1. The molecule has 0 saturated carbocycles. The van der Waals surface area contributed by atoms with Gasteiger partial charge in [0, 0.05) is 11.6 Å². The van der Waals surface area contributed by atoms with Gasteiger partial charge < -0.3 is 15.2 Å². The third-order valence-electron chi connectivity index (χ3n) is 3.00. The quantitative estimate of drug-likeness (QED) is 0.830. The lowest BCUT2D eigenvalue weighted by molar-refractivity contribution is -0.123. The number of amides is 1. The molecule has 0 radical (unpaired) electrons. The molecule has 4 heteroatoms. The zero-order valence-electron chi connectivity index (χ0n) is 12.1. The molecule has 4 nitrogen and oxygen atoms in total. The van der Waals surface area contributed by atoms with Crippen LogP contribution in [0.25, 0.3) is 0 Å². The number of aryl methyl sites for hydroxylation is 1. The maximum atomic E-state index is 11.7. The Morgan fingerprint density at radius 1 is 1.42 bits per heavy atom. The molecule has 0 aliphatic heterocycles. The van der Waals surface area contributed by atoms with Gasteiger partial charge in [-0.25, -0.2) is 0 Å². The maximum absolute atomic E-state index is 11.7. The molecule has 1 amide bonds. The Hall–Kier alpha value is -1.55. The normalized spacial score (nSPS) is 13.7. The van der Waals surface area contributed by atoms with Gasteiger partial charge in [-0.2, -0.15) is 0 Å². The number of aliphatic hydroxyl groups excluding tert-OH is 1. The smallest absolute Gasteiger partial charge is 0.258 e. The summed E-state index contributed by atoms with van der Waals surface area (Å²) < 4.78 is 5.51. The summed E-state index contributed by atoms with van der Waals surface area (Å²) in [5.74, 6) is 0.418. The molecular weight excluding hydrogens is 242 g/mol. The Labute approximate surface area is 114 Å². The van der Waals surface area contributed by atoms with Crippen LogP contribution < -0.4 is 10.1 Å². The van der Waals surface area contributed by atoms with Crippen LogP contribution in [0.5, 0.6) is 5.75 Å². The molecule has 0 aliphatic rings. The van der Waals surface area contributed by atoms with E-state index < -0.39 is 6.10 Å². The van der Waals surface area contributed by atoms with Crippen LogP contribution in [0.2, 0.25) is 0 Å². The molecule has 106 valence electrons. The molecule has 0 spiro atoms. The van der Waals surface area contributed by atoms with E-state index in [2.05, 4.69) is 5.32 Å². The van der Waals surface area contributed by atoms with Crippen molar-refractivity contribution >= 4 is 5.91 Å². The Bertz CT molecular complexity index is 429. The third-order valence-corrected chi connectivity index (χ3v) is 3.00. The van der Waals surface area contributed by atoms with Crippen LogP contribution in [0.15, 0.2) is 18.2 Å². The number of rotatable bonds is 6. The zero-order chi connectivity index (χ0) is 14.4. The van der Waals surface area contributed by atoms with E-state index in [0.717, 1.165) is 12.0 Å². The molecule has 2 atom stereocenters. The van der Waals surface area contributed by atoms with Crippen LogP contribution in [-0.2, 0) is 4.79 Å². The molecule has 0 fully saturated rings. The van der Waals surface area contributed by atoms with Crippen LogP contribution >= 0.6 is 0 Å². The largest absolute Gasteiger partial charge is 0.483 e. The fraction of sp³-hybridized carbons (Fsp3) is 0.533. The molecule has 0 aromatic heterocycles. The first-order chi connectivity index (χ1) is 8.93. The Balaban J connectivity index is 2.66. The van der Waals surface area contributed by atoms with Crippen molar-refractivity contribution in [3.8, 4) is 5.75 Å². The van der Waals surface area contributed by atoms with Gasteiger partial charge in [0.25, 0.3) is 5.91 Å². The van der Waals surface area contributed by atoms with E-state index in [1.807, 2.05) is 39.0 Å². The van der Waals surface area contributed by atoms with Crippen molar-refractivity contribution in [3.63, 3.8) is 0 Å². The molecule has 1 aromatic rings. The van der Waals surface area contributed by atoms with Crippen LogP contribution in [0.4, 0.5) is 0 Å². The first-order valence-electron chi connectivity index (χ1n) is 6.64. The lowest BCUT2D eigenvalue weighted by atomic mass is 10.1. The SMILES string of the molecule is CCC(C)NC(=O)COc1cc(C)ccc1[C@H](C)O. The minimum absolute atomic E-state index is 0.0342. The summed E-state index contributed by atoms with van der Waals surface area (Å²) >= 11 is 0. The molecule has 1 rings (SSSR count). The number of benzene rings is 1. The number of carbonyl (C=O) groups excluding carboxylic acids is 1. The van der Waals surface area contributed by atoms with E-state index in [1.165, 1.54) is 0 Å². The predicted molar refractivity (Wildman–Crippen MR) is 75.2 cm³/mol. The van der Waals surface area contributed by atoms with Crippen molar-refractivity contribution in [3.05, 3.63) is 29.3 Å². The first-order valence-corrected chi connectivity index (χ1v) is 6.64. The second-order valence-corrected chi connectivity index (χ2v) is 4.88. The van der Waals surface area contributed by atoms with Crippen LogP contribution in [0.1, 0.15) is 44.4 Å². The van der Waals surface area contributed by atoms with Crippen molar-refractivity contribution in [1.29, 1.82) is 0 Å². The number of hydrogen-bond donors (Lipinski definition) is 2. The van der Waals surface area contributed by atoms with Crippen molar-refractivity contribution in [2.45, 2.75) is 46.3 Å². The number of carbonyl (C=O) groups is 1. The monoisotopic (exact) mass is 265 g/mol. The average molecular weight is 265 g/mol. The highest BCUT2D eigenvalue weighted by Crippen LogP contribution is 2.26. The van der Waals surface area contributed by atoms with Crippen LogP contribution in [-0.4, -0.2) is 23.7 Å². The Morgan fingerprint density at radius 2 is 2.11 bits per heavy atom. The van der Waals surface area contributed by atoms with E-state index in [0.29, 0.717) is 11.3 Å². The highest BCUT2D eigenvalue weighted by Gasteiger charge is 2.12. The summed E-state index contributed by atoms with van der Waals surface area (Å²) in [7, 11) is 0. The van der Waals surface area contributed by atoms with Gasteiger partial charge in [0.05, 0.1) is 6.10 Å². The lowest BCUT2D eigenvalue weighted by Gasteiger charge is -2.15. The molecule has 19 heavy (non-hydrogen) atoms. The fourth-order valence-electron chi connectivity index (χ4n) is 1.67. The Kier molecular flexibility index (Phi) is 5.83. The summed E-state index contributed by atoms with van der Waals surface area (Å²) in [5.41, 5.74) is 1.73. The van der Waals surface area contributed by atoms with Gasteiger partial charge in [-0.1, -0.05) is 19.1 Å². The Morgan fingerprint density at radius 3 is 2.68 bits per heavy atom. The van der Waals surface area contributed by atoms with Gasteiger partial charge in [0.15, 0.2) is 6.61 Å². The summed E-state index contributed by atoms with van der Waals surface area (Å²) in [6.45, 7) is 7.55. The van der Waals surface area contributed by atoms with Crippen molar-refractivity contribution in [2.24, 2.45) is 0 Å². The van der Waals surface area contributed by atoms with Gasteiger partial charge in [-0.3, -0.25) is 4.79 Å². The van der Waals surface area contributed by atoms with Gasteiger partial charge >= 0.3 is 0 Å². The number of hydrogen-bond acceptors (Lipinski definition) is 3. The second-order valence-electron chi connectivity index (χ2n) is 4.88. The molecule has 0 heterocycles. The van der Waals surface area contributed by atoms with E-state index in [4.69, 9.17) is 4.74 Å². The summed E-state index contributed by atoms with van der Waals surface area (Å²) in [4.78, 5) is 11.7. The van der Waals surface area contributed by atoms with Crippen molar-refractivity contribution in [2.75, 3.05) is 6.61 Å². The highest BCUT2D eigenvalue weighted by atomic mass is 16.5. The molecule has 1 unspecified atom stereocenters. The molecule has 0 aliphatic carbocycles. The van der Waals surface area contributed by atoms with Gasteiger partial charge in [0.2, 0.25) is 0 Å². The van der Waals surface area contributed by atoms with Crippen LogP contribution in [0.3, 0.4) is 0 Å². The summed E-state index contributed by atoms with van der Waals surface area (Å²) in [6, 6.07) is 5.71. The minimum atomic E-state index is -0.617. The lowest BCUT2D eigenvalue weighted by Crippen LogP contribution is -2.35. The predicted octanol–water partition coefficient (Wildman–Crippen LogP) is 2.34. The van der Waals surface area contributed by atoms with Gasteiger partial charge in [0.1, 0.15) is 5.75 Å². The first kappa shape index (κ1) is 15.5. The van der Waals surface area contributed by atoms with Crippen molar-refractivity contribution in [1.82, 2.24) is 5.32 Å². The average Bonchev–Trinajstić information content (AvgIpc) is 2.35. The second kappa shape index (κ2) is 7.14. The fourth-order valence-corrected chi connectivity index (χ4v) is 1.67. The van der Waals surface area contributed by atoms with Crippen molar-refractivity contribution < 1.29 is 14.6 Å². The number of ether oxygens (including phenoxy) is 1. The van der Waals surface area contributed by atoms with E-state index in [9.17, 15) is 9.90 Å². The third kappa shape index (κ3) is 4.91. The highest BCUT2D eigenvalue weighted by molar-refractivity contribution is 5.77. The topological polar surface area (TPSA) is 58.6 Å². The van der Waals surface area contributed by atoms with E-state index in [1.54, 1.807) is 6.92 Å². The molecule has 0 bridgehead atoms. The molecular formula is C15H23NO3. The summed E-state index contributed by atoms with van der Waals surface area (Å²) in [6.07, 6.45) is 0.267. The maximum Gasteiger partial charge on any atom is 0.258 e. The minimum Gasteiger partial charge on any atom is -0.483 e. The molecule has 0 saturated heterocycles. The summed E-state index contributed by atoms with van der Waals surface area (Å²) in [5, 5.41) is 12.5. The number of aliphatic hydroxyl groups is 1. The van der Waals surface area contributed by atoms with E-state index in [-0.39, 0.29) is 18.6 Å².